The van der Waals surface area contributed by atoms with Gasteiger partial charge in [0.2, 0.25) is 5.76 Å². The molecule has 0 aliphatic rings. The standard InChI is InChI=1S/C14H14N2O2/c1-2-5-10-13(18-16-14(10)15)12-8-9-6-3-4-7-11(9)17-12/h3-4,6-8H,2,5H2,1H3,(H2,15,16). The van der Waals surface area contributed by atoms with E-state index >= 15 is 0 Å². The first kappa shape index (κ1) is 10.9. The van der Waals surface area contributed by atoms with Gasteiger partial charge in [-0.15, -0.1) is 0 Å². The van der Waals surface area contributed by atoms with Crippen molar-refractivity contribution >= 4 is 16.8 Å². The first-order valence-corrected chi connectivity index (χ1v) is 6.02. The van der Waals surface area contributed by atoms with Gasteiger partial charge in [-0.25, -0.2) is 0 Å². The van der Waals surface area contributed by atoms with E-state index in [9.17, 15) is 0 Å². The SMILES string of the molecule is CCCc1c(N)noc1-c1cc2ccccc2o1. The van der Waals surface area contributed by atoms with Crippen LogP contribution in [0.25, 0.3) is 22.5 Å². The average Bonchev–Trinajstić information content (AvgIpc) is 2.94. The molecule has 0 aliphatic carbocycles. The normalized spacial score (nSPS) is 11.2. The van der Waals surface area contributed by atoms with Crippen molar-refractivity contribution in [2.45, 2.75) is 19.8 Å². The van der Waals surface area contributed by atoms with Crippen molar-refractivity contribution in [3.63, 3.8) is 0 Å². The number of aromatic nitrogens is 1. The molecular formula is C14H14N2O2. The summed E-state index contributed by atoms with van der Waals surface area (Å²) in [4.78, 5) is 0. The van der Waals surface area contributed by atoms with E-state index in [1.165, 1.54) is 0 Å². The molecule has 0 saturated heterocycles. The van der Waals surface area contributed by atoms with Gasteiger partial charge >= 0.3 is 0 Å². The number of rotatable bonds is 3. The number of fused-ring (bicyclic) bond motifs is 1. The van der Waals surface area contributed by atoms with Crippen LogP contribution in [0.4, 0.5) is 5.82 Å². The molecule has 0 aliphatic heterocycles. The number of nitrogen functional groups attached to an aromatic ring is 1. The Morgan fingerprint density at radius 2 is 2.11 bits per heavy atom. The third kappa shape index (κ3) is 1.66. The van der Waals surface area contributed by atoms with Gasteiger partial charge in [0.15, 0.2) is 11.6 Å². The van der Waals surface area contributed by atoms with Gasteiger partial charge in [0.1, 0.15) is 5.58 Å². The van der Waals surface area contributed by atoms with Gasteiger partial charge in [-0.05, 0) is 18.6 Å². The van der Waals surface area contributed by atoms with Crippen LogP contribution >= 0.6 is 0 Å². The Kier molecular flexibility index (Phi) is 2.55. The number of hydrogen-bond donors (Lipinski definition) is 1. The highest BCUT2D eigenvalue weighted by Crippen LogP contribution is 2.33. The Hall–Kier alpha value is -2.23. The van der Waals surface area contributed by atoms with Gasteiger partial charge < -0.3 is 14.7 Å². The van der Waals surface area contributed by atoms with E-state index in [2.05, 4.69) is 12.1 Å². The highest BCUT2D eigenvalue weighted by Gasteiger charge is 2.18. The molecule has 4 nitrogen and oxygen atoms in total. The molecule has 2 N–H and O–H groups in total. The van der Waals surface area contributed by atoms with Crippen molar-refractivity contribution in [3.05, 3.63) is 35.9 Å². The Bertz CT molecular complexity index is 649. The summed E-state index contributed by atoms with van der Waals surface area (Å²) in [6.07, 6.45) is 1.82. The van der Waals surface area contributed by atoms with E-state index in [0.717, 1.165) is 29.4 Å². The number of hydrogen-bond acceptors (Lipinski definition) is 4. The monoisotopic (exact) mass is 242 g/mol. The van der Waals surface area contributed by atoms with Gasteiger partial charge in [0.05, 0.1) is 0 Å². The van der Waals surface area contributed by atoms with Crippen LogP contribution in [-0.2, 0) is 6.42 Å². The maximum atomic E-state index is 5.81. The molecule has 0 fully saturated rings. The van der Waals surface area contributed by atoms with Crippen LogP contribution in [0.15, 0.2) is 39.3 Å². The molecule has 0 atom stereocenters. The smallest absolute Gasteiger partial charge is 0.207 e. The fourth-order valence-electron chi connectivity index (χ4n) is 2.10. The van der Waals surface area contributed by atoms with E-state index in [4.69, 9.17) is 14.7 Å². The second-order valence-electron chi connectivity index (χ2n) is 4.27. The number of nitrogens with two attached hydrogens (primary N) is 1. The summed E-state index contributed by atoms with van der Waals surface area (Å²) >= 11 is 0. The zero-order valence-electron chi connectivity index (χ0n) is 10.1. The molecule has 3 aromatic rings. The van der Waals surface area contributed by atoms with Gasteiger partial charge in [-0.1, -0.05) is 36.7 Å². The molecule has 0 radical (unpaired) electrons. The van der Waals surface area contributed by atoms with Gasteiger partial charge in [-0.2, -0.15) is 0 Å². The van der Waals surface area contributed by atoms with Crippen molar-refractivity contribution in [1.82, 2.24) is 5.16 Å². The van der Waals surface area contributed by atoms with Crippen LogP contribution in [0.2, 0.25) is 0 Å². The van der Waals surface area contributed by atoms with Crippen molar-refractivity contribution < 1.29 is 8.94 Å². The van der Waals surface area contributed by atoms with Crippen LogP contribution in [0.1, 0.15) is 18.9 Å². The van der Waals surface area contributed by atoms with E-state index in [0.29, 0.717) is 17.3 Å². The van der Waals surface area contributed by atoms with E-state index in [1.54, 1.807) is 0 Å². The van der Waals surface area contributed by atoms with Gasteiger partial charge in [0.25, 0.3) is 0 Å². The van der Waals surface area contributed by atoms with Crippen molar-refractivity contribution in [1.29, 1.82) is 0 Å². The molecule has 0 amide bonds. The minimum absolute atomic E-state index is 0.451. The highest BCUT2D eigenvalue weighted by atomic mass is 16.5. The quantitative estimate of drug-likeness (QED) is 0.761. The maximum absolute atomic E-state index is 5.81. The summed E-state index contributed by atoms with van der Waals surface area (Å²) in [5.74, 6) is 1.78. The fraction of sp³-hybridized carbons (Fsp3) is 0.214. The van der Waals surface area contributed by atoms with Crippen LogP contribution < -0.4 is 5.73 Å². The molecule has 0 unspecified atom stereocenters. The minimum atomic E-state index is 0.451. The van der Waals surface area contributed by atoms with Crippen molar-refractivity contribution in [3.8, 4) is 11.5 Å². The number of para-hydroxylation sites is 1. The summed E-state index contributed by atoms with van der Waals surface area (Å²) in [6, 6.07) is 9.80. The predicted molar refractivity (Wildman–Crippen MR) is 70.1 cm³/mol. The molecule has 0 bridgehead atoms. The Morgan fingerprint density at radius 1 is 1.28 bits per heavy atom. The maximum Gasteiger partial charge on any atom is 0.207 e. The van der Waals surface area contributed by atoms with E-state index < -0.39 is 0 Å². The topological polar surface area (TPSA) is 65.2 Å². The molecule has 1 aromatic carbocycles. The number of benzene rings is 1. The molecule has 2 aromatic heterocycles. The predicted octanol–water partition coefficient (Wildman–Crippen LogP) is 3.62. The largest absolute Gasteiger partial charge is 0.453 e. The van der Waals surface area contributed by atoms with Crippen LogP contribution in [0, 0.1) is 0 Å². The van der Waals surface area contributed by atoms with Crippen LogP contribution in [0.5, 0.6) is 0 Å². The summed E-state index contributed by atoms with van der Waals surface area (Å²) in [5.41, 5.74) is 7.58. The summed E-state index contributed by atoms with van der Waals surface area (Å²) < 4.78 is 11.1. The summed E-state index contributed by atoms with van der Waals surface area (Å²) in [5, 5.41) is 4.87. The molecule has 2 heterocycles. The first-order valence-electron chi connectivity index (χ1n) is 6.02. The van der Waals surface area contributed by atoms with Crippen LogP contribution in [0.3, 0.4) is 0 Å². The second kappa shape index (κ2) is 4.22. The first-order chi connectivity index (χ1) is 8.79. The molecule has 0 spiro atoms. The molecular weight excluding hydrogens is 228 g/mol. The third-order valence-electron chi connectivity index (χ3n) is 2.97. The lowest BCUT2D eigenvalue weighted by Crippen LogP contribution is -1.92. The lowest BCUT2D eigenvalue weighted by molar-refractivity contribution is 0.423. The lowest BCUT2D eigenvalue weighted by Gasteiger charge is -1.96. The van der Waals surface area contributed by atoms with Crippen LogP contribution in [-0.4, -0.2) is 5.16 Å². The zero-order chi connectivity index (χ0) is 12.5. The third-order valence-corrected chi connectivity index (χ3v) is 2.97. The van der Waals surface area contributed by atoms with E-state index in [-0.39, 0.29) is 0 Å². The van der Waals surface area contributed by atoms with Gasteiger partial charge in [-0.3, -0.25) is 0 Å². The molecule has 18 heavy (non-hydrogen) atoms. The molecule has 4 heteroatoms. The number of nitrogens with zero attached hydrogens (tertiary/aromatic N) is 1. The Morgan fingerprint density at radius 3 is 2.89 bits per heavy atom. The zero-order valence-corrected chi connectivity index (χ0v) is 10.1. The molecule has 92 valence electrons. The van der Waals surface area contributed by atoms with Crippen molar-refractivity contribution in [2.24, 2.45) is 0 Å². The molecule has 0 saturated carbocycles. The van der Waals surface area contributed by atoms with E-state index in [1.807, 2.05) is 30.3 Å². The second-order valence-corrected chi connectivity index (χ2v) is 4.27. The lowest BCUT2D eigenvalue weighted by atomic mass is 10.1. The van der Waals surface area contributed by atoms with Gasteiger partial charge in [0, 0.05) is 10.9 Å². The Labute approximate surface area is 104 Å². The number of anilines is 1. The summed E-state index contributed by atoms with van der Waals surface area (Å²) in [6.45, 7) is 2.09. The summed E-state index contributed by atoms with van der Waals surface area (Å²) in [7, 11) is 0. The molecule has 3 rings (SSSR count). The minimum Gasteiger partial charge on any atom is -0.453 e. The van der Waals surface area contributed by atoms with Crippen molar-refractivity contribution in [2.75, 3.05) is 5.73 Å². The Balaban J connectivity index is 2.14. The fourth-order valence-corrected chi connectivity index (χ4v) is 2.10. The highest BCUT2D eigenvalue weighted by molar-refractivity contribution is 5.82. The number of furan rings is 1. The average molecular weight is 242 g/mol.